The summed E-state index contributed by atoms with van der Waals surface area (Å²) in [7, 11) is 1.66. The van der Waals surface area contributed by atoms with E-state index in [4.69, 9.17) is 28.9 Å². The molecule has 4 aromatic carbocycles. The smallest absolute Gasteiger partial charge is 0.410 e. The number of halogens is 1. The molecule has 7 rings (SSSR count). The van der Waals surface area contributed by atoms with Crippen LogP contribution in [0.25, 0.3) is 0 Å². The van der Waals surface area contributed by atoms with Crippen LogP contribution >= 0.6 is 0 Å². The van der Waals surface area contributed by atoms with Crippen LogP contribution in [0.15, 0.2) is 127 Å². The molecule has 1 saturated carbocycles. The highest BCUT2D eigenvalue weighted by molar-refractivity contribution is 6.03. The highest BCUT2D eigenvalue weighted by Crippen LogP contribution is 2.62. The molecular weight excluding hydrogens is 822 g/mol. The number of allylic oxidation sites excluding steroid dienone is 1. The SMILES string of the molecule is C=CCOC12Oc3ccc(OCc4ccccc4F)cc3C3C(CCCCO)C(CCCCO)C=C(C(=NOCc4ccc([N+](=O)[O-])cc4)CC1N(C)C(=O)OCc1ccccc1)C32. The lowest BCUT2D eigenvalue weighted by atomic mass is 9.55. The van der Waals surface area contributed by atoms with Gasteiger partial charge in [0.05, 0.1) is 23.2 Å². The second-order valence-electron chi connectivity index (χ2n) is 16.5. The summed E-state index contributed by atoms with van der Waals surface area (Å²) in [5.74, 6) is -1.77. The number of carbonyl (C=O) groups excluding carboxylic acids is 1. The highest BCUT2D eigenvalue weighted by Gasteiger charge is 2.65. The van der Waals surface area contributed by atoms with Crippen LogP contribution in [0.5, 0.6) is 11.5 Å². The minimum absolute atomic E-state index is 0.00251. The Balaban J connectivity index is 1.36. The van der Waals surface area contributed by atoms with Crippen molar-refractivity contribution in [2.45, 2.75) is 82.5 Å². The second kappa shape index (κ2) is 21.5. The standard InChI is InChI=1S/C50H56FN3O10/c1-3-27-62-50-46(53(2)49(57)61-31-34-13-5-4-6-14-34)30-44(52-63-32-35-19-21-38(22-20-35)54(58)59)41-28-36(15-9-11-25-55)40(17-10-12-26-56)47(48(41)50)42-29-39(23-24-45(42)64-50)60-33-37-16-7-8-18-43(37)51/h3-8,13-14,16,18-24,28-29,36,40,46-48,55-56H,1,9-12,15,17,25-27,30-33H2,2H3. The van der Waals surface area contributed by atoms with Crippen molar-refractivity contribution >= 4 is 17.5 Å². The van der Waals surface area contributed by atoms with Gasteiger partial charge < -0.3 is 38.9 Å². The van der Waals surface area contributed by atoms with E-state index in [9.17, 15) is 29.5 Å². The van der Waals surface area contributed by atoms with E-state index in [0.717, 1.165) is 42.4 Å². The number of nitro groups is 1. The Hall–Kier alpha value is -6.09. The molecule has 338 valence electrons. The number of carbonyl (C=O) groups is 1. The van der Waals surface area contributed by atoms with Gasteiger partial charge in [0.1, 0.15) is 43.2 Å². The Morgan fingerprint density at radius 2 is 1.67 bits per heavy atom. The molecule has 13 nitrogen and oxygen atoms in total. The number of nitro benzene ring substituents is 1. The fourth-order valence-corrected chi connectivity index (χ4v) is 9.44. The van der Waals surface area contributed by atoms with E-state index in [2.05, 4.69) is 12.7 Å². The molecule has 2 aliphatic carbocycles. The van der Waals surface area contributed by atoms with Crippen LogP contribution in [-0.2, 0) is 34.1 Å². The number of benzene rings is 4. The Bertz CT molecular complexity index is 2290. The van der Waals surface area contributed by atoms with Crippen molar-refractivity contribution in [2.75, 3.05) is 26.9 Å². The number of amides is 1. The van der Waals surface area contributed by atoms with E-state index in [1.165, 1.54) is 23.1 Å². The monoisotopic (exact) mass is 877 g/mol. The third-order valence-corrected chi connectivity index (χ3v) is 12.5. The third-order valence-electron chi connectivity index (χ3n) is 12.5. The van der Waals surface area contributed by atoms with Gasteiger partial charge in [-0.15, -0.1) is 6.58 Å². The first kappa shape index (κ1) is 45.9. The molecule has 1 aliphatic heterocycles. The molecule has 4 aromatic rings. The Kier molecular flexibility index (Phi) is 15.4. The van der Waals surface area contributed by atoms with Crippen LogP contribution in [0, 0.1) is 33.7 Å². The summed E-state index contributed by atoms with van der Waals surface area (Å²) in [6.45, 7) is 4.21. The molecule has 6 unspecified atom stereocenters. The number of hydrogen-bond donors (Lipinski definition) is 2. The van der Waals surface area contributed by atoms with Gasteiger partial charge in [-0.1, -0.05) is 78.7 Å². The predicted molar refractivity (Wildman–Crippen MR) is 238 cm³/mol. The summed E-state index contributed by atoms with van der Waals surface area (Å²) in [5, 5.41) is 36.0. The van der Waals surface area contributed by atoms with Crippen molar-refractivity contribution in [2.24, 2.45) is 22.9 Å². The van der Waals surface area contributed by atoms with E-state index in [0.29, 0.717) is 41.2 Å². The Morgan fingerprint density at radius 1 is 0.953 bits per heavy atom. The van der Waals surface area contributed by atoms with Gasteiger partial charge in [-0.3, -0.25) is 10.1 Å². The van der Waals surface area contributed by atoms with E-state index in [1.807, 2.05) is 42.5 Å². The minimum atomic E-state index is -1.50. The van der Waals surface area contributed by atoms with Crippen molar-refractivity contribution in [3.63, 3.8) is 0 Å². The molecule has 3 aliphatic rings. The first-order valence-corrected chi connectivity index (χ1v) is 21.9. The van der Waals surface area contributed by atoms with Gasteiger partial charge in [0.2, 0.25) is 5.79 Å². The van der Waals surface area contributed by atoms with Crippen LogP contribution in [0.3, 0.4) is 0 Å². The number of aliphatic hydroxyl groups is 2. The topological polar surface area (TPSA) is 162 Å². The molecular formula is C50H56FN3O10. The number of ether oxygens (including phenoxy) is 4. The number of fused-ring (bicyclic) bond motifs is 2. The number of unbranched alkanes of at least 4 members (excludes halogenated alkanes) is 2. The molecule has 1 amide bonds. The maximum absolute atomic E-state index is 14.7. The quantitative estimate of drug-likeness (QED) is 0.0357. The zero-order valence-electron chi connectivity index (χ0n) is 36.1. The lowest BCUT2D eigenvalue weighted by molar-refractivity contribution is -0.384. The van der Waals surface area contributed by atoms with Crippen molar-refractivity contribution in [1.82, 2.24) is 4.90 Å². The average molecular weight is 878 g/mol. The van der Waals surface area contributed by atoms with E-state index >= 15 is 0 Å². The largest absolute Gasteiger partial charge is 0.489 e. The van der Waals surface area contributed by atoms with Crippen LogP contribution < -0.4 is 9.47 Å². The number of hydrogen-bond acceptors (Lipinski definition) is 11. The number of oxime groups is 1. The van der Waals surface area contributed by atoms with Gasteiger partial charge in [0.25, 0.3) is 5.69 Å². The zero-order valence-corrected chi connectivity index (χ0v) is 36.1. The molecule has 1 heterocycles. The fourth-order valence-electron chi connectivity index (χ4n) is 9.44. The molecule has 2 N–H and O–H groups in total. The Labute approximate surface area is 372 Å². The molecule has 64 heavy (non-hydrogen) atoms. The summed E-state index contributed by atoms with van der Waals surface area (Å²) < 4.78 is 41.1. The zero-order chi connectivity index (χ0) is 45.1. The average Bonchev–Trinajstić information content (AvgIpc) is 3.31. The van der Waals surface area contributed by atoms with Crippen molar-refractivity contribution in [3.05, 3.63) is 160 Å². The van der Waals surface area contributed by atoms with Gasteiger partial charge >= 0.3 is 6.09 Å². The van der Waals surface area contributed by atoms with Gasteiger partial charge in [-0.05, 0) is 90.6 Å². The summed E-state index contributed by atoms with van der Waals surface area (Å²) in [6, 6.07) is 26.7. The summed E-state index contributed by atoms with van der Waals surface area (Å²) in [5.41, 5.74) is 4.11. The van der Waals surface area contributed by atoms with Crippen LogP contribution in [0.2, 0.25) is 0 Å². The molecule has 0 saturated heterocycles. The molecule has 0 aromatic heterocycles. The summed E-state index contributed by atoms with van der Waals surface area (Å²) in [4.78, 5) is 32.7. The Morgan fingerprint density at radius 3 is 2.39 bits per heavy atom. The number of nitrogens with zero attached hydrogens (tertiary/aromatic N) is 3. The van der Waals surface area contributed by atoms with Crippen molar-refractivity contribution in [3.8, 4) is 11.5 Å². The lowest BCUT2D eigenvalue weighted by Gasteiger charge is -2.59. The first-order valence-electron chi connectivity index (χ1n) is 21.9. The van der Waals surface area contributed by atoms with Crippen molar-refractivity contribution in [1.29, 1.82) is 0 Å². The van der Waals surface area contributed by atoms with E-state index < -0.39 is 28.8 Å². The summed E-state index contributed by atoms with van der Waals surface area (Å²) >= 11 is 0. The van der Waals surface area contributed by atoms with Crippen LogP contribution in [0.1, 0.15) is 73.1 Å². The predicted octanol–water partition coefficient (Wildman–Crippen LogP) is 9.42. The normalized spacial score (nSPS) is 22.6. The third kappa shape index (κ3) is 10.3. The van der Waals surface area contributed by atoms with E-state index in [-0.39, 0.29) is 75.3 Å². The summed E-state index contributed by atoms with van der Waals surface area (Å²) in [6.07, 6.45) is 7.61. The molecule has 0 spiro atoms. The minimum Gasteiger partial charge on any atom is -0.489 e. The van der Waals surface area contributed by atoms with Crippen molar-refractivity contribution < 1.29 is 48.1 Å². The van der Waals surface area contributed by atoms with Crippen LogP contribution in [-0.4, -0.2) is 70.5 Å². The fraction of sp³-hybridized carbons (Fsp3) is 0.400. The van der Waals surface area contributed by atoms with Gasteiger partial charge in [-0.2, -0.15) is 0 Å². The number of non-ortho nitro benzene ring substituents is 1. The maximum Gasteiger partial charge on any atom is 0.410 e. The number of rotatable bonds is 21. The van der Waals surface area contributed by atoms with Gasteiger partial charge in [-0.25, -0.2) is 9.18 Å². The molecule has 6 atom stereocenters. The van der Waals surface area contributed by atoms with Gasteiger partial charge in [0, 0.05) is 55.9 Å². The number of aliphatic hydroxyl groups excluding tert-OH is 2. The van der Waals surface area contributed by atoms with Gasteiger partial charge in [0.15, 0.2) is 0 Å². The maximum atomic E-state index is 14.7. The van der Waals surface area contributed by atoms with Crippen LogP contribution in [0.4, 0.5) is 14.9 Å². The second-order valence-corrected chi connectivity index (χ2v) is 16.5. The number of likely N-dealkylation sites (N-methyl/N-ethyl adjacent to an activating group) is 1. The first-order chi connectivity index (χ1) is 31.2. The molecule has 1 fully saturated rings. The molecule has 0 radical (unpaired) electrons. The molecule has 14 heteroatoms. The highest BCUT2D eigenvalue weighted by atomic mass is 19.1. The lowest BCUT2D eigenvalue weighted by Crippen LogP contribution is -2.69. The molecule has 0 bridgehead atoms. The van der Waals surface area contributed by atoms with E-state index in [1.54, 1.807) is 49.5 Å².